The number of urea groups is 1. The largest absolute Gasteiger partial charge is 0.453 e. The Morgan fingerprint density at radius 3 is 1.83 bits per heavy atom. The van der Waals surface area contributed by atoms with Crippen molar-refractivity contribution in [1.82, 2.24) is 45.7 Å². The van der Waals surface area contributed by atoms with Gasteiger partial charge in [-0.05, 0) is 89.6 Å². The van der Waals surface area contributed by atoms with Gasteiger partial charge in [-0.2, -0.15) is 0 Å². The SMILES string of the molecule is COC(=O)NC(C(=O)N1CCCC1c1ncc(-c2ccc3cc(-c4ccc(-c5cnc(C6CCCN6C(=O)C(NC(=O)NC6CC6)c6ccccc6)[nH]5)cc4)ccc3c2)[nH]1)C(C)C. The monoisotopic (exact) mass is 847 g/mol. The van der Waals surface area contributed by atoms with Crippen molar-refractivity contribution in [3.8, 4) is 33.6 Å². The number of carbonyl (C=O) groups is 4. The number of aromatic amines is 2. The highest BCUT2D eigenvalue weighted by Crippen LogP contribution is 2.36. The first-order valence-corrected chi connectivity index (χ1v) is 22.0. The van der Waals surface area contributed by atoms with Crippen molar-refractivity contribution in [2.75, 3.05) is 20.2 Å². The summed E-state index contributed by atoms with van der Waals surface area (Å²) in [6, 6.07) is 28.5. The Kier molecular flexibility index (Phi) is 11.7. The number of H-pyrrole nitrogens is 2. The van der Waals surface area contributed by atoms with Crippen LogP contribution in [0.15, 0.2) is 103 Å². The molecule has 63 heavy (non-hydrogen) atoms. The fraction of sp³-hybridized carbons (Fsp3) is 0.347. The Morgan fingerprint density at radius 2 is 1.22 bits per heavy atom. The first kappa shape index (κ1) is 41.4. The molecule has 0 bridgehead atoms. The fourth-order valence-electron chi connectivity index (χ4n) is 8.93. The summed E-state index contributed by atoms with van der Waals surface area (Å²) in [5.41, 5.74) is 6.64. The lowest BCUT2D eigenvalue weighted by Gasteiger charge is -2.30. The zero-order valence-electron chi connectivity index (χ0n) is 35.8. The number of likely N-dealkylation sites (tertiary alicyclic amines) is 2. The van der Waals surface area contributed by atoms with Gasteiger partial charge in [-0.3, -0.25) is 9.59 Å². The molecular weight excluding hydrogens is 795 g/mol. The predicted octanol–water partition coefficient (Wildman–Crippen LogP) is 8.20. The molecule has 0 spiro atoms. The number of carbonyl (C=O) groups excluding carboxylic acids is 4. The molecule has 3 aliphatic rings. The summed E-state index contributed by atoms with van der Waals surface area (Å²) < 4.78 is 4.78. The van der Waals surface area contributed by atoms with Gasteiger partial charge in [-0.1, -0.05) is 92.7 Å². The van der Waals surface area contributed by atoms with E-state index in [4.69, 9.17) is 14.7 Å². The van der Waals surface area contributed by atoms with Gasteiger partial charge < -0.3 is 40.5 Å². The zero-order chi connectivity index (χ0) is 43.6. The first-order chi connectivity index (χ1) is 30.6. The number of aromatic nitrogens is 4. The Labute approximate surface area is 366 Å². The molecule has 3 fully saturated rings. The molecule has 1 aliphatic carbocycles. The summed E-state index contributed by atoms with van der Waals surface area (Å²) >= 11 is 0. The maximum absolute atomic E-state index is 14.1. The second-order valence-corrected chi connectivity index (χ2v) is 17.2. The van der Waals surface area contributed by atoms with Crippen LogP contribution >= 0.6 is 0 Å². The number of fused-ring (bicyclic) bond motifs is 1. The third-order valence-corrected chi connectivity index (χ3v) is 12.5. The van der Waals surface area contributed by atoms with Crippen LogP contribution in [0.2, 0.25) is 0 Å². The van der Waals surface area contributed by atoms with Crippen LogP contribution in [0.4, 0.5) is 9.59 Å². The number of hydrogen-bond donors (Lipinski definition) is 5. The lowest BCUT2D eigenvalue weighted by atomic mass is 9.98. The summed E-state index contributed by atoms with van der Waals surface area (Å²) in [4.78, 5) is 72.7. The Balaban J connectivity index is 0.865. The van der Waals surface area contributed by atoms with E-state index < -0.39 is 18.2 Å². The summed E-state index contributed by atoms with van der Waals surface area (Å²) in [6.45, 7) is 4.99. The normalized spacial score (nSPS) is 18.3. The number of amides is 5. The molecule has 4 atom stereocenters. The van der Waals surface area contributed by atoms with E-state index in [2.05, 4.69) is 86.6 Å². The molecule has 14 nitrogen and oxygen atoms in total. The molecule has 9 rings (SSSR count). The van der Waals surface area contributed by atoms with E-state index in [1.807, 2.05) is 66.4 Å². The zero-order valence-corrected chi connectivity index (χ0v) is 35.8. The van der Waals surface area contributed by atoms with Crippen LogP contribution in [0, 0.1) is 5.92 Å². The minimum absolute atomic E-state index is 0.106. The maximum Gasteiger partial charge on any atom is 0.407 e. The van der Waals surface area contributed by atoms with Crippen molar-refractivity contribution in [2.24, 2.45) is 5.92 Å². The summed E-state index contributed by atoms with van der Waals surface area (Å²) in [5.74, 6) is 1.07. The Bertz CT molecular complexity index is 2620. The summed E-state index contributed by atoms with van der Waals surface area (Å²) in [6.07, 6.45) is 8.21. The molecule has 4 heterocycles. The summed E-state index contributed by atoms with van der Waals surface area (Å²) in [5, 5.41) is 10.8. The van der Waals surface area contributed by atoms with Crippen LogP contribution in [0.5, 0.6) is 0 Å². The number of benzene rings is 4. The first-order valence-electron chi connectivity index (χ1n) is 22.0. The molecule has 1 saturated carbocycles. The topological polar surface area (TPSA) is 177 Å². The minimum Gasteiger partial charge on any atom is -0.453 e. The highest BCUT2D eigenvalue weighted by molar-refractivity contribution is 5.91. The molecule has 0 radical (unpaired) electrons. The van der Waals surface area contributed by atoms with E-state index in [1.54, 1.807) is 0 Å². The second kappa shape index (κ2) is 17.8. The second-order valence-electron chi connectivity index (χ2n) is 17.2. The maximum atomic E-state index is 14.1. The number of methoxy groups -OCH3 is 1. The van der Waals surface area contributed by atoms with Crippen molar-refractivity contribution in [3.63, 3.8) is 0 Å². The van der Waals surface area contributed by atoms with Gasteiger partial charge >= 0.3 is 12.1 Å². The average molecular weight is 848 g/mol. The van der Waals surface area contributed by atoms with Gasteiger partial charge in [-0.25, -0.2) is 19.6 Å². The van der Waals surface area contributed by atoms with Gasteiger partial charge in [0.15, 0.2) is 0 Å². The third-order valence-electron chi connectivity index (χ3n) is 12.5. The van der Waals surface area contributed by atoms with E-state index in [1.165, 1.54) is 7.11 Å². The predicted molar refractivity (Wildman–Crippen MR) is 240 cm³/mol. The number of ether oxygens (including phenoxy) is 1. The standard InChI is InChI=1S/C49H53N9O5/c1-29(2)42(56-49(62)63-3)46(59)57-23-7-11-40(57)45-51-28-39(54-45)36-20-19-34-25-33(17-18-35(34)26-36)30-13-15-31(16-14-30)38-27-50-44(53-38)41-12-8-24-58(41)47(60)43(32-9-5-4-6-10-32)55-48(61)52-37-21-22-37/h4-6,9-10,13-20,25-29,37,40-43H,7-8,11-12,21-24H2,1-3H3,(H,50,53)(H,51,54)(H,56,62)(H2,52,55,61). The molecule has 2 aliphatic heterocycles. The molecule has 5 amide bonds. The lowest BCUT2D eigenvalue weighted by Crippen LogP contribution is -2.51. The van der Waals surface area contributed by atoms with Crippen LogP contribution in [0.3, 0.4) is 0 Å². The molecule has 324 valence electrons. The van der Waals surface area contributed by atoms with Crippen molar-refractivity contribution < 1.29 is 23.9 Å². The molecule has 2 aromatic heterocycles. The van der Waals surface area contributed by atoms with Crippen LogP contribution in [0.25, 0.3) is 44.4 Å². The van der Waals surface area contributed by atoms with Gasteiger partial charge in [0.25, 0.3) is 0 Å². The molecular formula is C49H53N9O5. The van der Waals surface area contributed by atoms with E-state index in [0.29, 0.717) is 13.1 Å². The highest BCUT2D eigenvalue weighted by atomic mass is 16.5. The number of nitrogens with zero attached hydrogens (tertiary/aromatic N) is 4. The van der Waals surface area contributed by atoms with Crippen molar-refractivity contribution in [2.45, 2.75) is 82.6 Å². The molecule has 2 saturated heterocycles. The van der Waals surface area contributed by atoms with E-state index in [0.717, 1.165) is 100 Å². The van der Waals surface area contributed by atoms with Gasteiger partial charge in [-0.15, -0.1) is 0 Å². The van der Waals surface area contributed by atoms with Crippen molar-refractivity contribution in [3.05, 3.63) is 121 Å². The third kappa shape index (κ3) is 8.88. The Hall–Kier alpha value is -6.96. The Morgan fingerprint density at radius 1 is 0.667 bits per heavy atom. The quantitative estimate of drug-likeness (QED) is 0.0825. The van der Waals surface area contributed by atoms with Crippen molar-refractivity contribution in [1.29, 1.82) is 0 Å². The summed E-state index contributed by atoms with van der Waals surface area (Å²) in [7, 11) is 1.29. The molecule has 4 aromatic carbocycles. The van der Waals surface area contributed by atoms with Crippen LogP contribution in [-0.4, -0.2) is 86.0 Å². The number of alkyl carbamates (subject to hydrolysis) is 1. The number of hydrogen-bond acceptors (Lipinski definition) is 7. The van der Waals surface area contributed by atoms with Crippen LogP contribution < -0.4 is 16.0 Å². The average Bonchev–Trinajstić information content (AvgIpc) is 3.82. The van der Waals surface area contributed by atoms with Gasteiger partial charge in [0, 0.05) is 24.7 Å². The fourth-order valence-corrected chi connectivity index (χ4v) is 8.93. The number of nitrogens with one attached hydrogen (secondary N) is 5. The smallest absolute Gasteiger partial charge is 0.407 e. The van der Waals surface area contributed by atoms with Crippen LogP contribution in [-0.2, 0) is 14.3 Å². The molecule has 5 N–H and O–H groups in total. The molecule has 14 heteroatoms. The molecule has 4 unspecified atom stereocenters. The molecule has 6 aromatic rings. The van der Waals surface area contributed by atoms with Gasteiger partial charge in [0.05, 0.1) is 43.0 Å². The van der Waals surface area contributed by atoms with E-state index in [-0.39, 0.29) is 41.9 Å². The minimum atomic E-state index is -0.800. The highest BCUT2D eigenvalue weighted by Gasteiger charge is 2.39. The van der Waals surface area contributed by atoms with E-state index >= 15 is 0 Å². The van der Waals surface area contributed by atoms with Crippen molar-refractivity contribution >= 4 is 34.7 Å². The van der Waals surface area contributed by atoms with Gasteiger partial charge in [0.1, 0.15) is 23.7 Å². The van der Waals surface area contributed by atoms with Crippen LogP contribution in [0.1, 0.15) is 87.7 Å². The lowest BCUT2D eigenvalue weighted by molar-refractivity contribution is -0.135. The van der Waals surface area contributed by atoms with E-state index in [9.17, 15) is 19.2 Å². The number of rotatable bonds is 12. The number of imidazole rings is 2. The van der Waals surface area contributed by atoms with Gasteiger partial charge in [0.2, 0.25) is 11.8 Å².